The fourth-order valence-corrected chi connectivity index (χ4v) is 4.16. The second-order valence-corrected chi connectivity index (χ2v) is 7.46. The van der Waals surface area contributed by atoms with E-state index in [1.54, 1.807) is 11.8 Å². The van der Waals surface area contributed by atoms with Gasteiger partial charge in [0.1, 0.15) is 11.8 Å². The maximum Gasteiger partial charge on any atom is 0.180 e. The minimum atomic E-state index is 0.474. The lowest BCUT2D eigenvalue weighted by molar-refractivity contribution is 0.0576. The van der Waals surface area contributed by atoms with E-state index in [2.05, 4.69) is 63.8 Å². The fraction of sp³-hybridized carbons (Fsp3) is 0.250. The van der Waals surface area contributed by atoms with Gasteiger partial charge in [0, 0.05) is 4.90 Å². The zero-order chi connectivity index (χ0) is 17.5. The van der Waals surface area contributed by atoms with Crippen LogP contribution < -0.4 is 0 Å². The lowest BCUT2D eigenvalue weighted by atomic mass is 10.2. The molecule has 0 aliphatic rings. The summed E-state index contributed by atoms with van der Waals surface area (Å²) >= 11 is 5.33. The number of hydrogen-bond acceptors (Lipinski definition) is 3. The minimum absolute atomic E-state index is 0.474. The van der Waals surface area contributed by atoms with Gasteiger partial charge in [-0.2, -0.15) is 0 Å². The van der Waals surface area contributed by atoms with Crippen LogP contribution in [0.5, 0.6) is 0 Å². The van der Waals surface area contributed by atoms with Gasteiger partial charge < -0.3 is 4.74 Å². The van der Waals surface area contributed by atoms with Gasteiger partial charge in [-0.15, -0.1) is 0 Å². The molecule has 0 radical (unpaired) electrons. The van der Waals surface area contributed by atoms with Crippen LogP contribution in [0.15, 0.2) is 75.3 Å². The highest BCUT2D eigenvalue weighted by molar-refractivity contribution is 9.10. The van der Waals surface area contributed by atoms with E-state index in [0.29, 0.717) is 13.3 Å². The zero-order valence-electron chi connectivity index (χ0n) is 14.2. The molecular weight excluding hydrogens is 396 g/mol. The lowest BCUT2D eigenvalue weighted by Crippen LogP contribution is -2.05. The fourth-order valence-electron chi connectivity index (χ4n) is 2.51. The molecule has 130 valence electrons. The molecule has 25 heavy (non-hydrogen) atoms. The van der Waals surface area contributed by atoms with Crippen molar-refractivity contribution in [2.75, 3.05) is 0 Å². The molecule has 0 N–H and O–H groups in total. The third-order valence-electron chi connectivity index (χ3n) is 3.72. The number of hydrogen-bond donors (Lipinski definition) is 0. The Kier molecular flexibility index (Phi) is 6.73. The van der Waals surface area contributed by atoms with E-state index in [4.69, 9.17) is 9.72 Å². The standard InChI is InChI=1S/C20H21BrN2OS/c1-2-9-18-19(25-17-12-7-4-8-13-17)23(20(21)22-18)15-24-14-16-10-5-3-6-11-16/h3-8,10-13H,2,9,14-15H2,1H3. The van der Waals surface area contributed by atoms with Gasteiger partial charge in [0.05, 0.1) is 12.3 Å². The van der Waals surface area contributed by atoms with E-state index in [1.807, 2.05) is 24.3 Å². The Bertz CT molecular complexity index is 790. The van der Waals surface area contributed by atoms with Crippen LogP contribution in [0.1, 0.15) is 24.6 Å². The van der Waals surface area contributed by atoms with Gasteiger partial charge in [0.25, 0.3) is 0 Å². The van der Waals surface area contributed by atoms with Crippen molar-refractivity contribution in [1.82, 2.24) is 9.55 Å². The second kappa shape index (κ2) is 9.22. The highest BCUT2D eigenvalue weighted by atomic mass is 79.9. The highest BCUT2D eigenvalue weighted by Crippen LogP contribution is 2.33. The van der Waals surface area contributed by atoms with Crippen LogP contribution in [0.2, 0.25) is 0 Å². The number of aryl methyl sites for hydroxylation is 1. The van der Waals surface area contributed by atoms with E-state index in [0.717, 1.165) is 28.3 Å². The molecule has 1 heterocycles. The van der Waals surface area contributed by atoms with Gasteiger partial charge in [0.15, 0.2) is 4.73 Å². The van der Waals surface area contributed by atoms with Crippen LogP contribution in [-0.2, 0) is 24.5 Å². The second-order valence-electron chi connectivity index (χ2n) is 5.69. The lowest BCUT2D eigenvalue weighted by Gasteiger charge is -2.11. The Morgan fingerprint density at radius 3 is 2.40 bits per heavy atom. The summed E-state index contributed by atoms with van der Waals surface area (Å²) in [6, 6.07) is 20.6. The van der Waals surface area contributed by atoms with Gasteiger partial charge in [0.2, 0.25) is 0 Å². The van der Waals surface area contributed by atoms with Crippen molar-refractivity contribution in [2.45, 2.75) is 43.0 Å². The molecule has 1 aromatic heterocycles. The highest BCUT2D eigenvalue weighted by Gasteiger charge is 2.16. The molecule has 0 unspecified atom stereocenters. The number of aromatic nitrogens is 2. The molecule has 0 saturated carbocycles. The average molecular weight is 417 g/mol. The van der Waals surface area contributed by atoms with Crippen molar-refractivity contribution in [2.24, 2.45) is 0 Å². The molecule has 0 saturated heterocycles. The molecule has 0 fully saturated rings. The minimum Gasteiger partial charge on any atom is -0.356 e. The molecule has 5 heteroatoms. The molecule has 3 nitrogen and oxygen atoms in total. The smallest absolute Gasteiger partial charge is 0.180 e. The Labute approximate surface area is 161 Å². The van der Waals surface area contributed by atoms with Gasteiger partial charge in [-0.25, -0.2) is 4.98 Å². The van der Waals surface area contributed by atoms with Crippen LogP contribution in [0, 0.1) is 0 Å². The summed E-state index contributed by atoms with van der Waals surface area (Å²) in [6.45, 7) is 3.24. The van der Waals surface area contributed by atoms with E-state index in [1.165, 1.54) is 10.5 Å². The Hall–Kier alpha value is -1.56. The first-order valence-electron chi connectivity index (χ1n) is 8.37. The normalized spacial score (nSPS) is 11.0. The quantitative estimate of drug-likeness (QED) is 0.455. The molecule has 2 aromatic carbocycles. The topological polar surface area (TPSA) is 27.1 Å². The summed E-state index contributed by atoms with van der Waals surface area (Å²) in [5.74, 6) is 0. The molecule has 3 rings (SSSR count). The molecule has 0 spiro atoms. The monoisotopic (exact) mass is 416 g/mol. The third-order valence-corrected chi connectivity index (χ3v) is 5.48. The first-order valence-corrected chi connectivity index (χ1v) is 9.98. The van der Waals surface area contributed by atoms with Crippen molar-refractivity contribution >= 4 is 27.7 Å². The van der Waals surface area contributed by atoms with Crippen LogP contribution >= 0.6 is 27.7 Å². The summed E-state index contributed by atoms with van der Waals surface area (Å²) in [6.07, 6.45) is 2.02. The molecular formula is C20H21BrN2OS. The number of benzene rings is 2. The maximum atomic E-state index is 5.94. The number of nitrogens with zero attached hydrogens (tertiary/aromatic N) is 2. The van der Waals surface area contributed by atoms with Crippen LogP contribution in [0.25, 0.3) is 0 Å². The summed E-state index contributed by atoms with van der Waals surface area (Å²) in [5, 5.41) is 1.15. The first-order chi connectivity index (χ1) is 12.3. The summed E-state index contributed by atoms with van der Waals surface area (Å²) < 4.78 is 8.86. The van der Waals surface area contributed by atoms with Gasteiger partial charge >= 0.3 is 0 Å². The number of imidazole rings is 1. The Morgan fingerprint density at radius 2 is 1.72 bits per heavy atom. The summed E-state index contributed by atoms with van der Waals surface area (Å²) in [5.41, 5.74) is 2.29. The van der Waals surface area contributed by atoms with Crippen LogP contribution in [0.4, 0.5) is 0 Å². The molecule has 0 aliphatic heterocycles. The van der Waals surface area contributed by atoms with E-state index in [-0.39, 0.29) is 0 Å². The number of ether oxygens (including phenoxy) is 1. The van der Waals surface area contributed by atoms with Crippen molar-refractivity contribution in [3.63, 3.8) is 0 Å². The van der Waals surface area contributed by atoms with Crippen molar-refractivity contribution in [3.8, 4) is 0 Å². The molecule has 0 bridgehead atoms. The summed E-state index contributed by atoms with van der Waals surface area (Å²) in [7, 11) is 0. The van der Waals surface area contributed by atoms with Crippen molar-refractivity contribution in [1.29, 1.82) is 0 Å². The predicted molar refractivity (Wildman–Crippen MR) is 106 cm³/mol. The van der Waals surface area contributed by atoms with Crippen molar-refractivity contribution in [3.05, 3.63) is 76.7 Å². The van der Waals surface area contributed by atoms with E-state index in [9.17, 15) is 0 Å². The maximum absolute atomic E-state index is 5.94. The molecule has 0 amide bonds. The third kappa shape index (κ3) is 4.97. The van der Waals surface area contributed by atoms with Crippen LogP contribution in [-0.4, -0.2) is 9.55 Å². The van der Waals surface area contributed by atoms with E-state index < -0.39 is 0 Å². The summed E-state index contributed by atoms with van der Waals surface area (Å²) in [4.78, 5) is 5.91. The molecule has 0 atom stereocenters. The molecule has 0 aliphatic carbocycles. The molecule has 3 aromatic rings. The van der Waals surface area contributed by atoms with Crippen LogP contribution in [0.3, 0.4) is 0 Å². The first kappa shape index (κ1) is 18.2. The largest absolute Gasteiger partial charge is 0.356 e. The Balaban J connectivity index is 1.77. The predicted octanol–water partition coefficient (Wildman–Crippen LogP) is 5.92. The number of rotatable bonds is 8. The van der Waals surface area contributed by atoms with Gasteiger partial charge in [-0.3, -0.25) is 4.57 Å². The van der Waals surface area contributed by atoms with E-state index >= 15 is 0 Å². The SMILES string of the molecule is CCCc1nc(Br)n(COCc2ccccc2)c1Sc1ccccc1. The zero-order valence-corrected chi connectivity index (χ0v) is 16.6. The average Bonchev–Trinajstić information content (AvgIpc) is 2.92. The van der Waals surface area contributed by atoms with Gasteiger partial charge in [-0.05, 0) is 40.0 Å². The van der Waals surface area contributed by atoms with Gasteiger partial charge in [-0.1, -0.05) is 73.6 Å². The number of halogens is 1. The van der Waals surface area contributed by atoms with Crippen molar-refractivity contribution < 1.29 is 4.74 Å². The Morgan fingerprint density at radius 1 is 1.04 bits per heavy atom.